The quantitative estimate of drug-likeness (QED) is 0.0409. The minimum absolute atomic E-state index is 0.278. The van der Waals surface area contributed by atoms with Crippen LogP contribution in [0.1, 0.15) is 142 Å². The molecule has 2 unspecified atom stereocenters. The van der Waals surface area contributed by atoms with E-state index in [9.17, 15) is 22.9 Å². The Kier molecular flexibility index (Phi) is 30.2. The second kappa shape index (κ2) is 31.7. The van der Waals surface area contributed by atoms with Crippen LogP contribution in [0.5, 0.6) is 0 Å². The van der Waals surface area contributed by atoms with Crippen molar-refractivity contribution in [1.29, 1.82) is 0 Å². The third kappa shape index (κ3) is 33.0. The molecule has 258 valence electrons. The summed E-state index contributed by atoms with van der Waals surface area (Å²) in [4.78, 5) is 12.4. The van der Waals surface area contributed by atoms with Crippen molar-refractivity contribution in [2.24, 2.45) is 0 Å². The van der Waals surface area contributed by atoms with Crippen molar-refractivity contribution in [1.82, 2.24) is 5.32 Å². The Morgan fingerprint density at radius 3 is 1.58 bits per heavy atom. The van der Waals surface area contributed by atoms with Crippen LogP contribution in [0.3, 0.4) is 0 Å². The lowest BCUT2D eigenvalue weighted by Crippen LogP contribution is -2.47. The van der Waals surface area contributed by atoms with Crippen molar-refractivity contribution in [3.63, 3.8) is 0 Å². The molecule has 45 heavy (non-hydrogen) atoms. The molecule has 0 aliphatic heterocycles. The van der Waals surface area contributed by atoms with Crippen LogP contribution >= 0.6 is 0 Å². The number of hydrogen-bond donors (Lipinski definition) is 3. The highest BCUT2D eigenvalue weighted by molar-refractivity contribution is 7.85. The maximum absolute atomic E-state index is 12.4. The molecule has 6 nitrogen and oxygen atoms in total. The molecule has 0 fully saturated rings. The zero-order chi connectivity index (χ0) is 33.3. The van der Waals surface area contributed by atoms with E-state index < -0.39 is 28.0 Å². The van der Waals surface area contributed by atoms with Gasteiger partial charge in [-0.05, 0) is 64.2 Å². The SMILES string of the molecule is CC/C=C\C/C=C\C/C=C\C/C=C\C/C=C\C/C=C\CCCCCCC(=O)NC(CS(=O)(=O)O)C(O)CCCCCCCCC. The van der Waals surface area contributed by atoms with Crippen LogP contribution in [0.4, 0.5) is 0 Å². The Labute approximate surface area is 276 Å². The van der Waals surface area contributed by atoms with Gasteiger partial charge in [0, 0.05) is 6.42 Å². The van der Waals surface area contributed by atoms with Crippen molar-refractivity contribution in [2.45, 2.75) is 154 Å². The van der Waals surface area contributed by atoms with E-state index in [-0.39, 0.29) is 12.3 Å². The largest absolute Gasteiger partial charge is 0.391 e. The maximum Gasteiger partial charge on any atom is 0.266 e. The zero-order valence-corrected chi connectivity index (χ0v) is 29.3. The number of aliphatic hydroxyl groups is 1. The van der Waals surface area contributed by atoms with Crippen LogP contribution in [0, 0.1) is 0 Å². The molecular formula is C38H65NO5S. The molecule has 0 aliphatic carbocycles. The summed E-state index contributed by atoms with van der Waals surface area (Å²) in [6.45, 7) is 4.32. The third-order valence-electron chi connectivity index (χ3n) is 7.43. The van der Waals surface area contributed by atoms with Gasteiger partial charge in [0.2, 0.25) is 5.91 Å². The van der Waals surface area contributed by atoms with E-state index in [1.165, 1.54) is 19.3 Å². The van der Waals surface area contributed by atoms with Gasteiger partial charge in [0.1, 0.15) is 0 Å². The molecule has 0 aliphatic rings. The molecule has 0 aromatic rings. The van der Waals surface area contributed by atoms with Crippen molar-refractivity contribution < 1.29 is 22.9 Å². The number of aliphatic hydroxyl groups excluding tert-OH is 1. The predicted molar refractivity (Wildman–Crippen MR) is 193 cm³/mol. The average Bonchev–Trinajstić information content (AvgIpc) is 3.00. The summed E-state index contributed by atoms with van der Waals surface area (Å²) in [6, 6.07) is -0.985. The van der Waals surface area contributed by atoms with Gasteiger partial charge in [-0.25, -0.2) is 0 Å². The maximum atomic E-state index is 12.4. The van der Waals surface area contributed by atoms with E-state index in [1.54, 1.807) is 0 Å². The standard InChI is InChI=1S/C38H65NO5S/c1-3-5-7-9-11-12-13-14-15-16-17-18-19-20-21-22-23-24-25-26-28-30-32-34-38(41)39-36(35-45(42,43)44)37(40)33-31-29-27-10-8-6-4-2/h5,7,11-12,14-15,17-18,20-21,23-24,36-37,40H,3-4,6,8-10,13,16,19,22,25-35H2,1-2H3,(H,39,41)(H,42,43,44)/b7-5-,12-11-,15-14-,18-17-,21-20-,24-23-. The lowest BCUT2D eigenvalue weighted by Gasteiger charge is -2.23. The smallest absolute Gasteiger partial charge is 0.266 e. The fourth-order valence-electron chi connectivity index (χ4n) is 4.81. The van der Waals surface area contributed by atoms with Crippen molar-refractivity contribution in [3.05, 3.63) is 72.9 Å². The number of unbranched alkanes of at least 4 members (excludes halogenated alkanes) is 10. The molecule has 0 saturated heterocycles. The molecule has 2 atom stereocenters. The number of amides is 1. The van der Waals surface area contributed by atoms with Crippen LogP contribution in [-0.4, -0.2) is 41.9 Å². The van der Waals surface area contributed by atoms with Crippen LogP contribution in [-0.2, 0) is 14.9 Å². The number of hydrogen-bond acceptors (Lipinski definition) is 4. The van der Waals surface area contributed by atoms with Gasteiger partial charge in [0.25, 0.3) is 10.1 Å². The molecule has 0 bridgehead atoms. The fourth-order valence-corrected chi connectivity index (χ4v) is 5.57. The van der Waals surface area contributed by atoms with Crippen LogP contribution in [0.2, 0.25) is 0 Å². The van der Waals surface area contributed by atoms with Crippen LogP contribution < -0.4 is 5.32 Å². The summed E-state index contributed by atoms with van der Waals surface area (Å²) >= 11 is 0. The molecule has 0 aromatic heterocycles. The highest BCUT2D eigenvalue weighted by Crippen LogP contribution is 2.13. The molecule has 0 spiro atoms. The molecule has 1 amide bonds. The van der Waals surface area contributed by atoms with Crippen molar-refractivity contribution in [2.75, 3.05) is 5.75 Å². The summed E-state index contributed by atoms with van der Waals surface area (Å²) in [5, 5.41) is 13.2. The average molecular weight is 648 g/mol. The minimum Gasteiger partial charge on any atom is -0.391 e. The Bertz CT molecular complexity index is 978. The lowest BCUT2D eigenvalue weighted by molar-refractivity contribution is -0.122. The summed E-state index contributed by atoms with van der Waals surface area (Å²) in [6.07, 6.45) is 44.4. The van der Waals surface area contributed by atoms with E-state index in [0.29, 0.717) is 12.8 Å². The summed E-state index contributed by atoms with van der Waals surface area (Å²) < 4.78 is 32.2. The van der Waals surface area contributed by atoms with E-state index in [1.807, 2.05) is 0 Å². The van der Waals surface area contributed by atoms with Crippen molar-refractivity contribution >= 4 is 16.0 Å². The van der Waals surface area contributed by atoms with Gasteiger partial charge in [-0.15, -0.1) is 0 Å². The summed E-state index contributed by atoms with van der Waals surface area (Å²) in [5.74, 6) is -0.943. The molecule has 0 radical (unpaired) electrons. The lowest BCUT2D eigenvalue weighted by atomic mass is 10.0. The van der Waals surface area contributed by atoms with Gasteiger partial charge in [0.05, 0.1) is 17.9 Å². The van der Waals surface area contributed by atoms with Gasteiger partial charge in [-0.3, -0.25) is 9.35 Å². The highest BCUT2D eigenvalue weighted by Gasteiger charge is 2.26. The van der Waals surface area contributed by atoms with Gasteiger partial charge < -0.3 is 10.4 Å². The first-order valence-electron chi connectivity index (χ1n) is 17.6. The number of carbonyl (C=O) groups is 1. The number of nitrogens with one attached hydrogen (secondary N) is 1. The second-order valence-corrected chi connectivity index (χ2v) is 13.3. The highest BCUT2D eigenvalue weighted by atomic mass is 32.2. The molecule has 0 saturated carbocycles. The van der Waals surface area contributed by atoms with E-state index in [0.717, 1.165) is 89.9 Å². The zero-order valence-electron chi connectivity index (χ0n) is 28.5. The number of rotatable bonds is 30. The van der Waals surface area contributed by atoms with Crippen molar-refractivity contribution in [3.8, 4) is 0 Å². The molecule has 3 N–H and O–H groups in total. The molecule has 7 heteroatoms. The first-order valence-corrected chi connectivity index (χ1v) is 19.2. The molecule has 0 rings (SSSR count). The van der Waals surface area contributed by atoms with Gasteiger partial charge in [-0.1, -0.05) is 145 Å². The Balaban J connectivity index is 3.95. The van der Waals surface area contributed by atoms with E-state index >= 15 is 0 Å². The summed E-state index contributed by atoms with van der Waals surface area (Å²) in [5.41, 5.74) is 0. The first-order chi connectivity index (χ1) is 21.8. The first kappa shape index (κ1) is 42.8. The van der Waals surface area contributed by atoms with Crippen LogP contribution in [0.15, 0.2) is 72.9 Å². The normalized spacial score (nSPS) is 14.3. The Morgan fingerprint density at radius 2 is 1.07 bits per heavy atom. The van der Waals surface area contributed by atoms with Gasteiger partial charge in [0.15, 0.2) is 0 Å². The van der Waals surface area contributed by atoms with Crippen LogP contribution in [0.25, 0.3) is 0 Å². The minimum atomic E-state index is -4.31. The fraction of sp³-hybridized carbons (Fsp3) is 0.658. The second-order valence-electron chi connectivity index (χ2n) is 11.8. The monoisotopic (exact) mass is 647 g/mol. The van der Waals surface area contributed by atoms with E-state index in [4.69, 9.17) is 0 Å². The summed E-state index contributed by atoms with van der Waals surface area (Å²) in [7, 11) is -4.31. The third-order valence-corrected chi connectivity index (χ3v) is 8.21. The van der Waals surface area contributed by atoms with Gasteiger partial charge in [-0.2, -0.15) is 8.42 Å². The Morgan fingerprint density at radius 1 is 0.622 bits per heavy atom. The number of allylic oxidation sites excluding steroid dienone is 12. The molecular weight excluding hydrogens is 582 g/mol. The molecule has 0 aromatic carbocycles. The Hall–Kier alpha value is -2.22. The predicted octanol–water partition coefficient (Wildman–Crippen LogP) is 9.90. The van der Waals surface area contributed by atoms with Gasteiger partial charge >= 0.3 is 0 Å². The topological polar surface area (TPSA) is 104 Å². The number of carbonyl (C=O) groups excluding carboxylic acids is 1. The van der Waals surface area contributed by atoms with E-state index in [2.05, 4.69) is 92.1 Å². The molecule has 0 heterocycles.